The van der Waals surface area contributed by atoms with E-state index in [0.717, 1.165) is 6.54 Å². The predicted molar refractivity (Wildman–Crippen MR) is 95.5 cm³/mol. The second kappa shape index (κ2) is 5.78. The van der Waals surface area contributed by atoms with Crippen LogP contribution in [0.4, 0.5) is 0 Å². The maximum atomic E-state index is 2.41. The van der Waals surface area contributed by atoms with Crippen LogP contribution in [0, 0.1) is 5.92 Å². The van der Waals surface area contributed by atoms with Gasteiger partial charge in [-0.3, -0.25) is 0 Å². The first kappa shape index (κ1) is 14.6. The lowest BCUT2D eigenvalue weighted by Crippen LogP contribution is -2.23. The minimum Gasteiger partial charge on any atom is -0.309 e. The molecule has 0 N–H and O–H groups in total. The van der Waals surface area contributed by atoms with Crippen LogP contribution in [0.5, 0.6) is 0 Å². The van der Waals surface area contributed by atoms with Crippen molar-refractivity contribution in [1.82, 2.24) is 4.90 Å². The van der Waals surface area contributed by atoms with Gasteiger partial charge in [-0.25, -0.2) is 0 Å². The predicted octanol–water partition coefficient (Wildman–Crippen LogP) is 5.36. The van der Waals surface area contributed by atoms with Crippen LogP contribution in [0.15, 0.2) is 42.5 Å². The third-order valence-electron chi connectivity index (χ3n) is 4.43. The second-order valence-electron chi connectivity index (χ2n) is 6.38. The average Bonchev–Trinajstić information content (AvgIpc) is 2.83. The fraction of sp³-hybridized carbons (Fsp3) is 0.368. The van der Waals surface area contributed by atoms with Crippen molar-refractivity contribution in [2.24, 2.45) is 5.92 Å². The Balaban J connectivity index is 2.02. The van der Waals surface area contributed by atoms with E-state index >= 15 is 0 Å². The summed E-state index contributed by atoms with van der Waals surface area (Å²) in [5.74, 6) is 1.23. The molecule has 3 aromatic rings. The van der Waals surface area contributed by atoms with Crippen LogP contribution < -0.4 is 0 Å². The van der Waals surface area contributed by atoms with Crippen molar-refractivity contribution in [3.8, 4) is 0 Å². The van der Waals surface area contributed by atoms with E-state index in [-0.39, 0.29) is 0 Å². The van der Waals surface area contributed by atoms with Gasteiger partial charge in [-0.1, -0.05) is 38.1 Å². The SMILES string of the molecule is CC(CN(C)C)C(C)c1ccc2sc3ccccc3c2c1. The standard InChI is InChI=1S/C19H23NS/c1-13(12-20(3)4)14(2)15-9-10-19-17(11-15)16-7-5-6-8-18(16)21-19/h5-11,13-14H,12H2,1-4H3. The summed E-state index contributed by atoms with van der Waals surface area (Å²) in [6.07, 6.45) is 0. The molecule has 0 aliphatic heterocycles. The van der Waals surface area contributed by atoms with E-state index in [0.29, 0.717) is 11.8 Å². The molecule has 1 aromatic heterocycles. The van der Waals surface area contributed by atoms with Gasteiger partial charge in [0.1, 0.15) is 0 Å². The molecule has 110 valence electrons. The molecule has 21 heavy (non-hydrogen) atoms. The quantitative estimate of drug-likeness (QED) is 0.627. The summed E-state index contributed by atoms with van der Waals surface area (Å²) >= 11 is 1.89. The summed E-state index contributed by atoms with van der Waals surface area (Å²) < 4.78 is 2.78. The number of rotatable bonds is 4. The minimum absolute atomic E-state index is 0.579. The first-order valence-corrected chi connectivity index (χ1v) is 8.44. The van der Waals surface area contributed by atoms with Crippen LogP contribution in [0.1, 0.15) is 25.3 Å². The Morgan fingerprint density at radius 2 is 1.67 bits per heavy atom. The highest BCUT2D eigenvalue weighted by Crippen LogP contribution is 2.36. The zero-order valence-corrected chi connectivity index (χ0v) is 14.1. The molecule has 0 aliphatic carbocycles. The van der Waals surface area contributed by atoms with Crippen LogP contribution in [-0.4, -0.2) is 25.5 Å². The van der Waals surface area contributed by atoms with E-state index in [1.807, 2.05) is 11.3 Å². The van der Waals surface area contributed by atoms with E-state index in [1.54, 1.807) is 0 Å². The van der Waals surface area contributed by atoms with Gasteiger partial charge in [0.2, 0.25) is 0 Å². The van der Waals surface area contributed by atoms with Crippen molar-refractivity contribution in [1.29, 1.82) is 0 Å². The van der Waals surface area contributed by atoms with Crippen LogP contribution in [0.2, 0.25) is 0 Å². The Morgan fingerprint density at radius 3 is 2.43 bits per heavy atom. The van der Waals surface area contributed by atoms with Gasteiger partial charge < -0.3 is 4.90 Å². The van der Waals surface area contributed by atoms with Gasteiger partial charge in [0, 0.05) is 26.7 Å². The molecule has 0 amide bonds. The molecule has 0 bridgehead atoms. The van der Waals surface area contributed by atoms with Crippen molar-refractivity contribution in [3.05, 3.63) is 48.0 Å². The largest absolute Gasteiger partial charge is 0.309 e. The van der Waals surface area contributed by atoms with Crippen molar-refractivity contribution in [2.45, 2.75) is 19.8 Å². The number of fused-ring (bicyclic) bond motifs is 3. The average molecular weight is 297 g/mol. The lowest BCUT2D eigenvalue weighted by atomic mass is 9.88. The second-order valence-corrected chi connectivity index (χ2v) is 7.47. The Bertz CT molecular complexity index is 756. The molecular weight excluding hydrogens is 274 g/mol. The van der Waals surface area contributed by atoms with Gasteiger partial charge in [-0.15, -0.1) is 11.3 Å². The summed E-state index contributed by atoms with van der Waals surface area (Å²) in [5.41, 5.74) is 1.46. The fourth-order valence-corrected chi connectivity index (χ4v) is 4.18. The summed E-state index contributed by atoms with van der Waals surface area (Å²) in [6, 6.07) is 15.7. The number of benzene rings is 2. The molecule has 1 heterocycles. The summed E-state index contributed by atoms with van der Waals surface area (Å²) in [5, 5.41) is 2.81. The molecule has 0 saturated heterocycles. The van der Waals surface area contributed by atoms with E-state index in [1.165, 1.54) is 25.7 Å². The van der Waals surface area contributed by atoms with E-state index in [9.17, 15) is 0 Å². The smallest absolute Gasteiger partial charge is 0.0355 e. The summed E-state index contributed by atoms with van der Waals surface area (Å²) in [7, 11) is 4.30. The van der Waals surface area contributed by atoms with Crippen LogP contribution in [0.25, 0.3) is 20.2 Å². The fourth-order valence-electron chi connectivity index (χ4n) is 3.09. The zero-order chi connectivity index (χ0) is 15.0. The number of nitrogens with zero attached hydrogens (tertiary/aromatic N) is 1. The number of hydrogen-bond donors (Lipinski definition) is 0. The highest BCUT2D eigenvalue weighted by Gasteiger charge is 2.16. The minimum atomic E-state index is 0.579. The van der Waals surface area contributed by atoms with Crippen molar-refractivity contribution in [2.75, 3.05) is 20.6 Å². The highest BCUT2D eigenvalue weighted by atomic mass is 32.1. The van der Waals surface area contributed by atoms with Crippen LogP contribution in [0.3, 0.4) is 0 Å². The third kappa shape index (κ3) is 2.83. The molecule has 1 nitrogen and oxygen atoms in total. The lowest BCUT2D eigenvalue weighted by molar-refractivity contribution is 0.313. The van der Waals surface area contributed by atoms with Crippen LogP contribution >= 0.6 is 11.3 Å². The molecular formula is C19H23NS. The van der Waals surface area contributed by atoms with E-state index < -0.39 is 0 Å². The zero-order valence-electron chi connectivity index (χ0n) is 13.3. The van der Waals surface area contributed by atoms with Gasteiger partial charge in [-0.05, 0) is 49.7 Å². The van der Waals surface area contributed by atoms with Gasteiger partial charge >= 0.3 is 0 Å². The van der Waals surface area contributed by atoms with E-state index in [2.05, 4.69) is 75.3 Å². The maximum Gasteiger partial charge on any atom is 0.0355 e. The highest BCUT2D eigenvalue weighted by molar-refractivity contribution is 7.25. The molecule has 0 saturated carbocycles. The molecule has 0 radical (unpaired) electrons. The Morgan fingerprint density at radius 1 is 0.952 bits per heavy atom. The normalized spacial score (nSPS) is 14.9. The third-order valence-corrected chi connectivity index (χ3v) is 5.59. The first-order valence-electron chi connectivity index (χ1n) is 7.62. The molecule has 2 atom stereocenters. The maximum absolute atomic E-state index is 2.41. The van der Waals surface area contributed by atoms with Crippen LogP contribution in [-0.2, 0) is 0 Å². The monoisotopic (exact) mass is 297 g/mol. The van der Waals surface area contributed by atoms with Gasteiger partial charge in [0.05, 0.1) is 0 Å². The molecule has 0 spiro atoms. The molecule has 0 aliphatic rings. The number of thiophene rings is 1. The molecule has 2 aromatic carbocycles. The first-order chi connectivity index (χ1) is 10.1. The molecule has 2 heteroatoms. The molecule has 3 rings (SSSR count). The van der Waals surface area contributed by atoms with Crippen molar-refractivity contribution >= 4 is 31.5 Å². The Kier molecular flexibility index (Phi) is 4.01. The Hall–Kier alpha value is -1.38. The van der Waals surface area contributed by atoms with Gasteiger partial charge in [-0.2, -0.15) is 0 Å². The summed E-state index contributed by atoms with van der Waals surface area (Å²) in [4.78, 5) is 2.28. The number of hydrogen-bond acceptors (Lipinski definition) is 2. The molecule has 2 unspecified atom stereocenters. The molecule has 0 fully saturated rings. The van der Waals surface area contributed by atoms with Crippen molar-refractivity contribution < 1.29 is 0 Å². The van der Waals surface area contributed by atoms with E-state index in [4.69, 9.17) is 0 Å². The Labute approximate surface area is 131 Å². The lowest BCUT2D eigenvalue weighted by Gasteiger charge is -2.23. The summed E-state index contributed by atoms with van der Waals surface area (Å²) in [6.45, 7) is 5.83. The van der Waals surface area contributed by atoms with Gasteiger partial charge in [0.15, 0.2) is 0 Å². The van der Waals surface area contributed by atoms with Gasteiger partial charge in [0.25, 0.3) is 0 Å². The van der Waals surface area contributed by atoms with Crippen molar-refractivity contribution in [3.63, 3.8) is 0 Å². The topological polar surface area (TPSA) is 3.24 Å².